The number of carbonyl (C=O) groups is 3. The van der Waals surface area contributed by atoms with E-state index in [1.54, 1.807) is 24.3 Å². The predicted molar refractivity (Wildman–Crippen MR) is 115 cm³/mol. The number of carboxylic acids is 2. The van der Waals surface area contributed by atoms with Crippen molar-refractivity contribution in [3.05, 3.63) is 29.8 Å². The summed E-state index contributed by atoms with van der Waals surface area (Å²) in [6, 6.07) is 5.33. The van der Waals surface area contributed by atoms with Crippen LogP contribution in [0.15, 0.2) is 24.3 Å². The molecule has 0 spiro atoms. The van der Waals surface area contributed by atoms with Crippen molar-refractivity contribution in [2.24, 2.45) is 11.8 Å². The number of nitrogens with one attached hydrogen (secondary N) is 2. The van der Waals surface area contributed by atoms with Crippen molar-refractivity contribution in [2.45, 2.75) is 38.1 Å². The first kappa shape index (κ1) is 24.0. The minimum Gasteiger partial charge on any atom is -0.481 e. The smallest absolute Gasteiger partial charge is 0.326 e. The topological polar surface area (TPSA) is 119 Å². The van der Waals surface area contributed by atoms with Gasteiger partial charge in [0.05, 0.1) is 6.42 Å². The largest absolute Gasteiger partial charge is 0.481 e. The molecule has 2 heterocycles. The third-order valence-corrected chi connectivity index (χ3v) is 6.03. The van der Waals surface area contributed by atoms with Gasteiger partial charge < -0.3 is 25.7 Å². The number of piperidine rings is 2. The Morgan fingerprint density at radius 2 is 1.57 bits per heavy atom. The van der Waals surface area contributed by atoms with E-state index in [1.165, 1.54) is 12.8 Å². The molecule has 0 aromatic heterocycles. The van der Waals surface area contributed by atoms with Crippen LogP contribution < -0.4 is 10.6 Å². The van der Waals surface area contributed by atoms with E-state index >= 15 is 0 Å². The quantitative estimate of drug-likeness (QED) is 0.514. The highest BCUT2D eigenvalue weighted by Crippen LogP contribution is 2.31. The lowest BCUT2D eigenvalue weighted by atomic mass is 9.79. The van der Waals surface area contributed by atoms with E-state index in [4.69, 9.17) is 10.2 Å². The Hall–Kier alpha value is -2.32. The minimum absolute atomic E-state index is 0. The molecule has 0 unspecified atom stereocenters. The fourth-order valence-corrected chi connectivity index (χ4v) is 4.36. The van der Waals surface area contributed by atoms with Crippen LogP contribution in [0.25, 0.3) is 0 Å². The molecule has 1 aromatic carbocycles. The van der Waals surface area contributed by atoms with Gasteiger partial charge >= 0.3 is 11.9 Å². The van der Waals surface area contributed by atoms with E-state index in [9.17, 15) is 14.4 Å². The molecule has 1 atom stereocenters. The van der Waals surface area contributed by atoms with Gasteiger partial charge in [0.2, 0.25) is 0 Å². The van der Waals surface area contributed by atoms with Crippen LogP contribution in [0.5, 0.6) is 0 Å². The Balaban J connectivity index is 0.00000320. The monoisotopic (exact) mass is 439 g/mol. The summed E-state index contributed by atoms with van der Waals surface area (Å²) >= 11 is 0. The van der Waals surface area contributed by atoms with Crippen molar-refractivity contribution in [2.75, 3.05) is 31.5 Å². The molecule has 3 rings (SSSR count). The molecule has 1 aromatic rings. The Morgan fingerprint density at radius 1 is 1.00 bits per heavy atom. The second-order valence-electron chi connectivity index (χ2n) is 7.93. The SMILES string of the molecule is Cl.O=C(O)C[C@H](Nc1ccc(C(=O)N2CCC(C3CCNCC3)CC2)cc1)C(=O)O. The van der Waals surface area contributed by atoms with Crippen LogP contribution >= 0.6 is 12.4 Å². The van der Waals surface area contributed by atoms with Gasteiger partial charge in [0.15, 0.2) is 0 Å². The van der Waals surface area contributed by atoms with Crippen LogP contribution in [0.3, 0.4) is 0 Å². The maximum atomic E-state index is 12.8. The number of amides is 1. The van der Waals surface area contributed by atoms with Gasteiger partial charge in [0, 0.05) is 24.3 Å². The van der Waals surface area contributed by atoms with Gasteiger partial charge in [-0.25, -0.2) is 4.79 Å². The van der Waals surface area contributed by atoms with Crippen LogP contribution in [0.4, 0.5) is 5.69 Å². The second kappa shape index (κ2) is 11.2. The third-order valence-electron chi connectivity index (χ3n) is 6.03. The van der Waals surface area contributed by atoms with Crippen molar-refractivity contribution >= 4 is 35.9 Å². The van der Waals surface area contributed by atoms with Crippen LogP contribution in [0, 0.1) is 11.8 Å². The third kappa shape index (κ3) is 6.34. The molecule has 8 nitrogen and oxygen atoms in total. The maximum Gasteiger partial charge on any atom is 0.326 e. The first-order valence-corrected chi connectivity index (χ1v) is 10.2. The second-order valence-corrected chi connectivity index (χ2v) is 7.93. The fraction of sp³-hybridized carbons (Fsp3) is 0.571. The van der Waals surface area contributed by atoms with Crippen molar-refractivity contribution in [3.8, 4) is 0 Å². The van der Waals surface area contributed by atoms with Gasteiger partial charge in [-0.15, -0.1) is 12.4 Å². The van der Waals surface area contributed by atoms with Crippen LogP contribution in [0.1, 0.15) is 42.5 Å². The van der Waals surface area contributed by atoms with Crippen molar-refractivity contribution < 1.29 is 24.6 Å². The normalized spacial score (nSPS) is 18.9. The van der Waals surface area contributed by atoms with E-state index in [2.05, 4.69) is 10.6 Å². The van der Waals surface area contributed by atoms with Gasteiger partial charge in [-0.3, -0.25) is 9.59 Å². The number of benzene rings is 1. The molecule has 2 aliphatic rings. The number of likely N-dealkylation sites (tertiary alicyclic amines) is 1. The van der Waals surface area contributed by atoms with E-state index in [1.807, 2.05) is 4.90 Å². The Labute approximate surface area is 182 Å². The summed E-state index contributed by atoms with van der Waals surface area (Å²) in [5.74, 6) is -0.962. The summed E-state index contributed by atoms with van der Waals surface area (Å²) in [6.45, 7) is 3.74. The minimum atomic E-state index is -1.23. The maximum absolute atomic E-state index is 12.8. The molecule has 30 heavy (non-hydrogen) atoms. The van der Waals surface area contributed by atoms with Gasteiger partial charge in [-0.1, -0.05) is 0 Å². The van der Waals surface area contributed by atoms with Crippen molar-refractivity contribution in [3.63, 3.8) is 0 Å². The number of carbonyl (C=O) groups excluding carboxylic acids is 1. The molecule has 2 saturated heterocycles. The highest BCUT2D eigenvalue weighted by molar-refractivity contribution is 5.94. The Kier molecular flexibility index (Phi) is 8.92. The van der Waals surface area contributed by atoms with Gasteiger partial charge in [-0.2, -0.15) is 0 Å². The van der Waals surface area contributed by atoms with Crippen LogP contribution in [0.2, 0.25) is 0 Å². The van der Waals surface area contributed by atoms with E-state index in [0.29, 0.717) is 17.2 Å². The zero-order chi connectivity index (χ0) is 20.8. The predicted octanol–water partition coefficient (Wildman–Crippen LogP) is 2.30. The highest BCUT2D eigenvalue weighted by atomic mass is 35.5. The molecule has 166 valence electrons. The number of carboxylic acid groups (broad SMARTS) is 2. The molecule has 0 bridgehead atoms. The fourth-order valence-electron chi connectivity index (χ4n) is 4.36. The van der Waals surface area contributed by atoms with Crippen molar-refractivity contribution in [1.82, 2.24) is 10.2 Å². The average Bonchev–Trinajstić information content (AvgIpc) is 2.74. The number of hydrogen-bond donors (Lipinski definition) is 4. The standard InChI is InChI=1S/C21H29N3O5.ClH/c25-19(26)13-18(21(28)29)23-17-3-1-16(2-4-17)20(27)24-11-7-15(8-12-24)14-5-9-22-10-6-14;/h1-4,14-15,18,22-23H,5-13H2,(H,25,26)(H,28,29);1H/t18-;/m0./s1. The number of rotatable bonds is 7. The van der Waals surface area contributed by atoms with Gasteiger partial charge in [-0.05, 0) is 74.9 Å². The lowest BCUT2D eigenvalue weighted by Gasteiger charge is -2.37. The summed E-state index contributed by atoms with van der Waals surface area (Å²) in [6.07, 6.45) is 4.03. The molecule has 0 aliphatic carbocycles. The summed E-state index contributed by atoms with van der Waals surface area (Å²) in [5.41, 5.74) is 1.03. The van der Waals surface area contributed by atoms with E-state index in [0.717, 1.165) is 44.9 Å². The summed E-state index contributed by atoms with van der Waals surface area (Å²) in [5, 5.41) is 24.0. The first-order chi connectivity index (χ1) is 13.9. The summed E-state index contributed by atoms with van der Waals surface area (Å²) in [7, 11) is 0. The van der Waals surface area contributed by atoms with Gasteiger partial charge in [0.1, 0.15) is 6.04 Å². The molecule has 2 aliphatic heterocycles. The van der Waals surface area contributed by atoms with E-state index in [-0.39, 0.29) is 18.3 Å². The summed E-state index contributed by atoms with van der Waals surface area (Å²) < 4.78 is 0. The number of halogens is 1. The lowest BCUT2D eigenvalue weighted by Crippen LogP contribution is -2.42. The molecule has 4 N–H and O–H groups in total. The zero-order valence-corrected chi connectivity index (χ0v) is 17.7. The lowest BCUT2D eigenvalue weighted by molar-refractivity contribution is -0.144. The molecule has 0 radical (unpaired) electrons. The molecule has 0 saturated carbocycles. The summed E-state index contributed by atoms with van der Waals surface area (Å²) in [4.78, 5) is 36.6. The van der Waals surface area contributed by atoms with Crippen LogP contribution in [-0.2, 0) is 9.59 Å². The molecular weight excluding hydrogens is 410 g/mol. The Bertz CT molecular complexity index is 729. The molecular formula is C21H30ClN3O5. The number of nitrogens with zero attached hydrogens (tertiary/aromatic N) is 1. The number of aliphatic carboxylic acids is 2. The average molecular weight is 440 g/mol. The number of hydrogen-bond acceptors (Lipinski definition) is 5. The van der Waals surface area contributed by atoms with Crippen LogP contribution in [-0.4, -0.2) is 65.2 Å². The van der Waals surface area contributed by atoms with Crippen molar-refractivity contribution in [1.29, 1.82) is 0 Å². The highest BCUT2D eigenvalue weighted by Gasteiger charge is 2.29. The molecule has 1 amide bonds. The molecule has 2 fully saturated rings. The first-order valence-electron chi connectivity index (χ1n) is 10.2. The Morgan fingerprint density at radius 3 is 2.10 bits per heavy atom. The zero-order valence-electron chi connectivity index (χ0n) is 16.9. The number of anilines is 1. The van der Waals surface area contributed by atoms with E-state index < -0.39 is 24.4 Å². The van der Waals surface area contributed by atoms with Gasteiger partial charge in [0.25, 0.3) is 5.91 Å². The molecule has 9 heteroatoms.